The highest BCUT2D eigenvalue weighted by molar-refractivity contribution is 5.76. The molecule has 3 atom stereocenters. The van der Waals surface area contributed by atoms with Gasteiger partial charge >= 0.3 is 0 Å². The van der Waals surface area contributed by atoms with E-state index >= 15 is 0 Å². The van der Waals surface area contributed by atoms with Gasteiger partial charge in [0.15, 0.2) is 0 Å². The Morgan fingerprint density at radius 1 is 1.42 bits per heavy atom. The molecular weight excluding hydrogens is 312 g/mol. The number of nitrogens with zero attached hydrogens (tertiary/aromatic N) is 3. The summed E-state index contributed by atoms with van der Waals surface area (Å²) in [6, 6.07) is 1.84. The van der Waals surface area contributed by atoms with Crippen LogP contribution in [0.4, 0.5) is 5.82 Å². The molecule has 0 spiro atoms. The summed E-state index contributed by atoms with van der Waals surface area (Å²) in [5.74, 6) is 1.87. The predicted molar refractivity (Wildman–Crippen MR) is 87.1 cm³/mol. The first-order valence-corrected chi connectivity index (χ1v) is 8.21. The largest absolute Gasteiger partial charge is 0.481 e. The van der Waals surface area contributed by atoms with Gasteiger partial charge in [0, 0.05) is 38.7 Å². The molecule has 3 heterocycles. The van der Waals surface area contributed by atoms with Crippen LogP contribution in [0.3, 0.4) is 0 Å². The number of hydrogen-bond acceptors (Lipinski definition) is 7. The Morgan fingerprint density at radius 3 is 3.04 bits per heavy atom. The topological polar surface area (TPSA) is 85.8 Å². The van der Waals surface area contributed by atoms with Crippen LogP contribution in [0.15, 0.2) is 12.4 Å². The Hall–Kier alpha value is -1.93. The summed E-state index contributed by atoms with van der Waals surface area (Å²) in [5, 5.41) is 2.84. The van der Waals surface area contributed by atoms with E-state index < -0.39 is 0 Å². The van der Waals surface area contributed by atoms with Crippen LogP contribution in [0.25, 0.3) is 0 Å². The van der Waals surface area contributed by atoms with E-state index in [1.54, 1.807) is 14.2 Å². The van der Waals surface area contributed by atoms with Crippen molar-refractivity contribution in [1.29, 1.82) is 0 Å². The van der Waals surface area contributed by atoms with Gasteiger partial charge in [-0.05, 0) is 6.42 Å². The Balaban J connectivity index is 1.48. The third-order valence-corrected chi connectivity index (χ3v) is 4.52. The zero-order chi connectivity index (χ0) is 16.9. The molecule has 2 aliphatic heterocycles. The van der Waals surface area contributed by atoms with Crippen molar-refractivity contribution in [1.82, 2.24) is 15.3 Å². The highest BCUT2D eigenvalue weighted by Gasteiger charge is 2.42. The van der Waals surface area contributed by atoms with E-state index in [1.165, 1.54) is 6.33 Å². The van der Waals surface area contributed by atoms with Crippen molar-refractivity contribution >= 4 is 11.7 Å². The Kier molecular flexibility index (Phi) is 5.47. The number of aromatic nitrogens is 2. The lowest BCUT2D eigenvalue weighted by Gasteiger charge is -2.20. The Labute approximate surface area is 141 Å². The summed E-state index contributed by atoms with van der Waals surface area (Å²) in [6.45, 7) is 2.73. The number of nitrogens with one attached hydrogen (secondary N) is 1. The molecule has 2 aliphatic rings. The molecule has 1 aromatic rings. The molecule has 132 valence electrons. The zero-order valence-corrected chi connectivity index (χ0v) is 14.1. The van der Waals surface area contributed by atoms with Gasteiger partial charge in [-0.3, -0.25) is 4.79 Å². The van der Waals surface area contributed by atoms with Crippen molar-refractivity contribution in [3.8, 4) is 5.88 Å². The van der Waals surface area contributed by atoms with Crippen LogP contribution in [0, 0.1) is 5.92 Å². The van der Waals surface area contributed by atoms with Gasteiger partial charge in [0.1, 0.15) is 12.1 Å². The van der Waals surface area contributed by atoms with Crippen LogP contribution in [0.2, 0.25) is 0 Å². The number of carbonyl (C=O) groups excluding carboxylic acids is 1. The monoisotopic (exact) mass is 336 g/mol. The normalized spacial score (nSPS) is 25.6. The van der Waals surface area contributed by atoms with Crippen LogP contribution in [0.5, 0.6) is 5.88 Å². The molecule has 24 heavy (non-hydrogen) atoms. The molecule has 2 fully saturated rings. The standard InChI is InChI=1S/C16H24N4O4/c1-22-4-3-17-15(21)6-12-5-11-8-20(9-13(11)24-12)14-7-16(23-2)19-10-18-14/h7,10-13H,3-6,8-9H2,1-2H3,(H,17,21)/t11-,12+,13+/m0/s1. The number of fused-ring (bicyclic) bond motifs is 1. The number of methoxy groups -OCH3 is 2. The average Bonchev–Trinajstić information content (AvgIpc) is 3.13. The first-order chi connectivity index (χ1) is 11.7. The Bertz CT molecular complexity index is 557. The number of ether oxygens (including phenoxy) is 3. The lowest BCUT2D eigenvalue weighted by atomic mass is 10.0. The van der Waals surface area contributed by atoms with Crippen LogP contribution in [-0.2, 0) is 14.3 Å². The third kappa shape index (κ3) is 3.93. The molecule has 2 saturated heterocycles. The van der Waals surface area contributed by atoms with Gasteiger partial charge in [-0.1, -0.05) is 0 Å². The number of amides is 1. The van der Waals surface area contributed by atoms with E-state index in [-0.39, 0.29) is 18.1 Å². The summed E-state index contributed by atoms with van der Waals surface area (Å²) in [4.78, 5) is 22.4. The van der Waals surface area contributed by atoms with Gasteiger partial charge in [-0.25, -0.2) is 9.97 Å². The van der Waals surface area contributed by atoms with Crippen molar-refractivity contribution in [2.45, 2.75) is 25.0 Å². The smallest absolute Gasteiger partial charge is 0.222 e. The molecule has 1 amide bonds. The van der Waals surface area contributed by atoms with Crippen molar-refractivity contribution in [3.63, 3.8) is 0 Å². The molecule has 3 rings (SSSR count). The van der Waals surface area contributed by atoms with Crippen LogP contribution in [0.1, 0.15) is 12.8 Å². The summed E-state index contributed by atoms with van der Waals surface area (Å²) in [5.41, 5.74) is 0. The lowest BCUT2D eigenvalue weighted by molar-refractivity contribution is -0.123. The minimum atomic E-state index is 0.00429. The van der Waals surface area contributed by atoms with E-state index in [0.717, 1.165) is 25.3 Å². The van der Waals surface area contributed by atoms with Crippen LogP contribution >= 0.6 is 0 Å². The minimum absolute atomic E-state index is 0.00429. The Morgan fingerprint density at radius 2 is 2.29 bits per heavy atom. The summed E-state index contributed by atoms with van der Waals surface area (Å²) >= 11 is 0. The zero-order valence-electron chi connectivity index (χ0n) is 14.1. The lowest BCUT2D eigenvalue weighted by Crippen LogP contribution is -2.31. The SMILES string of the molecule is COCCNC(=O)C[C@H]1C[C@H]2CN(c3cc(OC)ncn3)C[C@H]2O1. The predicted octanol–water partition coefficient (Wildman–Crippen LogP) is 0.232. The third-order valence-electron chi connectivity index (χ3n) is 4.52. The molecule has 0 saturated carbocycles. The molecule has 1 N–H and O–H groups in total. The van der Waals surface area contributed by atoms with Gasteiger partial charge in [0.2, 0.25) is 11.8 Å². The van der Waals surface area contributed by atoms with Gasteiger partial charge in [0.05, 0.1) is 32.3 Å². The van der Waals surface area contributed by atoms with Gasteiger partial charge in [-0.2, -0.15) is 0 Å². The molecule has 0 aliphatic carbocycles. The molecule has 0 aromatic carbocycles. The van der Waals surface area contributed by atoms with Gasteiger partial charge < -0.3 is 24.4 Å². The number of carbonyl (C=O) groups is 1. The van der Waals surface area contributed by atoms with E-state index in [9.17, 15) is 4.79 Å². The van der Waals surface area contributed by atoms with Crippen molar-refractivity contribution in [2.75, 3.05) is 45.4 Å². The maximum Gasteiger partial charge on any atom is 0.222 e. The molecule has 1 aromatic heterocycles. The fourth-order valence-electron chi connectivity index (χ4n) is 3.37. The molecule has 8 heteroatoms. The van der Waals surface area contributed by atoms with E-state index in [1.807, 2.05) is 6.07 Å². The summed E-state index contributed by atoms with van der Waals surface area (Å²) in [6.07, 6.45) is 2.99. The highest BCUT2D eigenvalue weighted by atomic mass is 16.5. The average molecular weight is 336 g/mol. The van der Waals surface area contributed by atoms with Gasteiger partial charge in [0.25, 0.3) is 0 Å². The summed E-state index contributed by atoms with van der Waals surface area (Å²) in [7, 11) is 3.21. The first-order valence-electron chi connectivity index (χ1n) is 8.21. The van der Waals surface area contributed by atoms with Crippen LogP contribution in [-0.4, -0.2) is 68.5 Å². The number of hydrogen-bond donors (Lipinski definition) is 1. The molecule has 0 bridgehead atoms. The first kappa shape index (κ1) is 16.9. The van der Waals surface area contributed by atoms with Crippen molar-refractivity contribution < 1.29 is 19.0 Å². The second-order valence-electron chi connectivity index (χ2n) is 6.16. The van der Waals surface area contributed by atoms with E-state index in [4.69, 9.17) is 14.2 Å². The number of rotatable bonds is 7. The quantitative estimate of drug-likeness (QED) is 0.714. The molecule has 0 unspecified atom stereocenters. The van der Waals surface area contributed by atoms with Crippen molar-refractivity contribution in [3.05, 3.63) is 12.4 Å². The molecular formula is C16H24N4O4. The second kappa shape index (κ2) is 7.76. The van der Waals surface area contributed by atoms with E-state index in [0.29, 0.717) is 31.4 Å². The number of anilines is 1. The molecule has 0 radical (unpaired) electrons. The van der Waals surface area contributed by atoms with E-state index in [2.05, 4.69) is 20.2 Å². The fourth-order valence-corrected chi connectivity index (χ4v) is 3.37. The van der Waals surface area contributed by atoms with Gasteiger partial charge in [-0.15, -0.1) is 0 Å². The fraction of sp³-hybridized carbons (Fsp3) is 0.688. The van der Waals surface area contributed by atoms with Crippen LogP contribution < -0.4 is 15.0 Å². The highest BCUT2D eigenvalue weighted by Crippen LogP contribution is 2.36. The maximum absolute atomic E-state index is 11.9. The second-order valence-corrected chi connectivity index (χ2v) is 6.16. The van der Waals surface area contributed by atoms with Crippen molar-refractivity contribution in [2.24, 2.45) is 5.92 Å². The maximum atomic E-state index is 11.9. The molecule has 8 nitrogen and oxygen atoms in total. The summed E-state index contributed by atoms with van der Waals surface area (Å²) < 4.78 is 16.1. The minimum Gasteiger partial charge on any atom is -0.481 e.